The number of rotatable bonds is 49. The van der Waals surface area contributed by atoms with E-state index in [1.165, 1.54) is 0 Å². The van der Waals surface area contributed by atoms with E-state index in [1.54, 1.807) is 0 Å². The third-order valence-corrected chi connectivity index (χ3v) is 14.2. The van der Waals surface area contributed by atoms with Crippen molar-refractivity contribution in [1.29, 1.82) is 0 Å². The van der Waals surface area contributed by atoms with Crippen LogP contribution < -0.4 is 0 Å². The van der Waals surface area contributed by atoms with Gasteiger partial charge in [-0.1, -0.05) is 179 Å². The third kappa shape index (κ3) is 35.2. The highest BCUT2D eigenvalue weighted by molar-refractivity contribution is 5.74. The molecule has 3 unspecified atom stereocenters. The fraction of sp³-hybridized carbons (Fsp3) is 0.902. The van der Waals surface area contributed by atoms with E-state index in [2.05, 4.69) is 62.3 Å². The standard InChI is InChI=1S/C61H112O13/c1-13-19-34-51(16-4)57(65)72-45-61(46-73-58(66)52(17-5)35-20-14-2,47-74-59(67)53(18-6)36-21-15-3)41-68-40-60(42-69-54(62)37-28-22-25-31-48(7)8,43-70-55(63)38-29-23-26-32-49(9)10)44-71-56(64)39-30-24-27-33-50(11)12/h48-53H,13-47H2,1-12H3. The highest BCUT2D eigenvalue weighted by Gasteiger charge is 2.42. The van der Waals surface area contributed by atoms with E-state index in [0.29, 0.717) is 75.5 Å². The fourth-order valence-corrected chi connectivity index (χ4v) is 8.74. The Balaban J connectivity index is 7.37. The first-order valence-electron chi connectivity index (χ1n) is 29.9. The summed E-state index contributed by atoms with van der Waals surface area (Å²) in [4.78, 5) is 81.9. The molecular formula is C61H112O13. The van der Waals surface area contributed by atoms with Gasteiger partial charge in [0.1, 0.15) is 39.6 Å². The lowest BCUT2D eigenvalue weighted by molar-refractivity contribution is -0.178. The van der Waals surface area contributed by atoms with Crippen LogP contribution in [0.25, 0.3) is 0 Å². The number of carbonyl (C=O) groups excluding carboxylic acids is 6. The van der Waals surface area contributed by atoms with Crippen LogP contribution in [0.1, 0.15) is 256 Å². The molecule has 0 radical (unpaired) electrons. The molecule has 0 spiro atoms. The van der Waals surface area contributed by atoms with Gasteiger partial charge in [0.25, 0.3) is 0 Å². The second kappa shape index (κ2) is 43.8. The fourth-order valence-electron chi connectivity index (χ4n) is 8.74. The Kier molecular flexibility index (Phi) is 41.9. The van der Waals surface area contributed by atoms with Crippen LogP contribution in [0.3, 0.4) is 0 Å². The van der Waals surface area contributed by atoms with Crippen LogP contribution in [0.4, 0.5) is 0 Å². The molecule has 434 valence electrons. The van der Waals surface area contributed by atoms with Crippen molar-refractivity contribution in [2.45, 2.75) is 256 Å². The summed E-state index contributed by atoms with van der Waals surface area (Å²) in [7, 11) is 0. The van der Waals surface area contributed by atoms with Crippen molar-refractivity contribution in [3.05, 3.63) is 0 Å². The van der Waals surface area contributed by atoms with Gasteiger partial charge in [-0.3, -0.25) is 28.8 Å². The van der Waals surface area contributed by atoms with Crippen LogP contribution in [-0.4, -0.2) is 88.7 Å². The zero-order valence-electron chi connectivity index (χ0n) is 49.5. The Bertz CT molecular complexity index is 1310. The Morgan fingerprint density at radius 1 is 0.311 bits per heavy atom. The highest BCUT2D eigenvalue weighted by Crippen LogP contribution is 2.29. The lowest BCUT2D eigenvalue weighted by Gasteiger charge is -2.36. The quantitative estimate of drug-likeness (QED) is 0.0321. The van der Waals surface area contributed by atoms with Gasteiger partial charge in [-0.25, -0.2) is 0 Å². The predicted octanol–water partition coefficient (Wildman–Crippen LogP) is 14.7. The molecule has 0 saturated carbocycles. The van der Waals surface area contributed by atoms with Crippen molar-refractivity contribution in [2.75, 3.05) is 52.9 Å². The topological polar surface area (TPSA) is 167 Å². The molecule has 0 aliphatic rings. The molecule has 0 aromatic rings. The summed E-state index contributed by atoms with van der Waals surface area (Å²) in [6, 6.07) is 0. The van der Waals surface area contributed by atoms with Crippen molar-refractivity contribution in [3.8, 4) is 0 Å². The summed E-state index contributed by atoms with van der Waals surface area (Å²) in [5, 5.41) is 0. The summed E-state index contributed by atoms with van der Waals surface area (Å²) in [5.41, 5.74) is -2.74. The molecule has 13 heteroatoms. The van der Waals surface area contributed by atoms with Gasteiger partial charge in [0.15, 0.2) is 0 Å². The summed E-state index contributed by atoms with van der Waals surface area (Å²) in [6.45, 7) is 22.9. The Morgan fingerprint density at radius 3 is 0.797 bits per heavy atom. The molecule has 0 aromatic carbocycles. The lowest BCUT2D eigenvalue weighted by atomic mass is 9.89. The summed E-state index contributed by atoms with van der Waals surface area (Å²) < 4.78 is 43.1. The molecule has 0 saturated heterocycles. The van der Waals surface area contributed by atoms with Crippen LogP contribution in [0.15, 0.2) is 0 Å². The predicted molar refractivity (Wildman–Crippen MR) is 295 cm³/mol. The molecule has 0 N–H and O–H groups in total. The SMILES string of the molecule is CCCCC(CC)C(=O)OCC(COCC(COC(=O)CCCCCC(C)C)(COC(=O)CCCCCC(C)C)COC(=O)CCCCCC(C)C)(COC(=O)C(CC)CCCC)COC(=O)C(CC)CCCC. The van der Waals surface area contributed by atoms with Gasteiger partial charge in [-0.15, -0.1) is 0 Å². The maximum absolute atomic E-state index is 13.8. The first kappa shape index (κ1) is 70.8. The van der Waals surface area contributed by atoms with Crippen molar-refractivity contribution in [2.24, 2.45) is 46.3 Å². The average Bonchev–Trinajstić information content (AvgIpc) is 3.36. The maximum Gasteiger partial charge on any atom is 0.308 e. The van der Waals surface area contributed by atoms with Gasteiger partial charge in [0.2, 0.25) is 0 Å². The van der Waals surface area contributed by atoms with E-state index in [1.807, 2.05) is 20.8 Å². The molecule has 0 aliphatic carbocycles. The molecule has 13 nitrogen and oxygen atoms in total. The van der Waals surface area contributed by atoms with Gasteiger partial charge in [-0.05, 0) is 75.5 Å². The Hall–Kier alpha value is -3.22. The van der Waals surface area contributed by atoms with Gasteiger partial charge in [-0.2, -0.15) is 0 Å². The first-order chi connectivity index (χ1) is 35.3. The summed E-state index contributed by atoms with van der Waals surface area (Å²) in [5.74, 6) is -1.86. The number of hydrogen-bond donors (Lipinski definition) is 0. The Morgan fingerprint density at radius 2 is 0.568 bits per heavy atom. The van der Waals surface area contributed by atoms with Crippen molar-refractivity contribution in [1.82, 2.24) is 0 Å². The molecule has 0 bridgehead atoms. The summed E-state index contributed by atoms with van der Waals surface area (Å²) in [6.07, 6.45) is 20.3. The lowest BCUT2D eigenvalue weighted by Crippen LogP contribution is -2.47. The largest absolute Gasteiger partial charge is 0.465 e. The van der Waals surface area contributed by atoms with Crippen LogP contribution in [0, 0.1) is 46.3 Å². The molecule has 0 heterocycles. The minimum Gasteiger partial charge on any atom is -0.465 e. The van der Waals surface area contributed by atoms with Crippen LogP contribution in [-0.2, 0) is 61.9 Å². The zero-order chi connectivity index (χ0) is 55.6. The van der Waals surface area contributed by atoms with E-state index in [-0.39, 0.29) is 89.9 Å². The number of ether oxygens (including phenoxy) is 7. The highest BCUT2D eigenvalue weighted by atomic mass is 16.6. The molecule has 3 atom stereocenters. The number of carbonyl (C=O) groups is 6. The number of unbranched alkanes of at least 4 members (excludes halogenated alkanes) is 9. The second-order valence-corrected chi connectivity index (χ2v) is 23.0. The van der Waals surface area contributed by atoms with E-state index >= 15 is 0 Å². The van der Waals surface area contributed by atoms with Gasteiger partial charge >= 0.3 is 35.8 Å². The molecule has 0 amide bonds. The van der Waals surface area contributed by atoms with Gasteiger partial charge in [0, 0.05) is 19.3 Å². The van der Waals surface area contributed by atoms with Gasteiger partial charge in [0.05, 0.1) is 41.8 Å². The van der Waals surface area contributed by atoms with E-state index < -0.39 is 46.6 Å². The number of hydrogen-bond acceptors (Lipinski definition) is 13. The smallest absolute Gasteiger partial charge is 0.308 e. The van der Waals surface area contributed by atoms with Crippen LogP contribution >= 0.6 is 0 Å². The minimum atomic E-state index is -1.38. The van der Waals surface area contributed by atoms with E-state index in [9.17, 15) is 28.8 Å². The monoisotopic (exact) mass is 1050 g/mol. The minimum absolute atomic E-state index is 0.192. The average molecular weight is 1050 g/mol. The van der Waals surface area contributed by atoms with E-state index in [4.69, 9.17) is 33.2 Å². The second-order valence-electron chi connectivity index (χ2n) is 23.0. The zero-order valence-corrected chi connectivity index (χ0v) is 49.5. The third-order valence-electron chi connectivity index (χ3n) is 14.2. The summed E-state index contributed by atoms with van der Waals surface area (Å²) >= 11 is 0. The molecule has 0 rings (SSSR count). The van der Waals surface area contributed by atoms with Crippen molar-refractivity contribution in [3.63, 3.8) is 0 Å². The maximum atomic E-state index is 13.8. The molecule has 74 heavy (non-hydrogen) atoms. The van der Waals surface area contributed by atoms with Gasteiger partial charge < -0.3 is 33.2 Å². The van der Waals surface area contributed by atoms with E-state index in [0.717, 1.165) is 96.3 Å². The molecular weight excluding hydrogens is 941 g/mol. The van der Waals surface area contributed by atoms with Crippen molar-refractivity contribution < 1.29 is 61.9 Å². The van der Waals surface area contributed by atoms with Crippen LogP contribution in [0.5, 0.6) is 0 Å². The molecule has 0 fully saturated rings. The molecule has 0 aliphatic heterocycles. The Labute approximate surface area is 451 Å². The van der Waals surface area contributed by atoms with Crippen molar-refractivity contribution >= 4 is 35.8 Å². The normalized spacial score (nSPS) is 13.8. The van der Waals surface area contributed by atoms with Crippen LogP contribution in [0.2, 0.25) is 0 Å². The molecule has 0 aromatic heterocycles. The first-order valence-corrected chi connectivity index (χ1v) is 29.9. The number of esters is 6.